The molecule has 1 aliphatic rings. The topological polar surface area (TPSA) is 61.5 Å². The number of nitrogens with zero attached hydrogens (tertiary/aromatic N) is 4. The molecule has 4 aromatic rings. The highest BCUT2D eigenvalue weighted by Gasteiger charge is 2.21. The zero-order valence-electron chi connectivity index (χ0n) is 16.0. The van der Waals surface area contributed by atoms with E-state index in [0.717, 1.165) is 27.7 Å². The summed E-state index contributed by atoms with van der Waals surface area (Å²) < 4.78 is 12.6. The molecule has 0 aliphatic carbocycles. The number of hydrogen-bond donors (Lipinski definition) is 0. The first kappa shape index (κ1) is 17.8. The fraction of sp³-hybridized carbons (Fsp3) is 0.136. The van der Waals surface area contributed by atoms with Crippen LogP contribution in [0.4, 0.5) is 0 Å². The summed E-state index contributed by atoms with van der Waals surface area (Å²) in [6.45, 7) is 0. The Balaban J connectivity index is 1.58. The normalized spacial score (nSPS) is 13.1. The summed E-state index contributed by atoms with van der Waals surface area (Å²) in [6, 6.07) is 20.5. The van der Waals surface area contributed by atoms with E-state index < -0.39 is 0 Å². The molecule has 0 atom stereocenters. The average Bonchev–Trinajstić information content (AvgIpc) is 3.21. The maximum absolute atomic E-state index is 5.43. The maximum Gasteiger partial charge on any atom is 0.212 e. The Bertz CT molecular complexity index is 1250. The van der Waals surface area contributed by atoms with Crippen LogP contribution in [0.25, 0.3) is 22.2 Å². The van der Waals surface area contributed by atoms with Crippen LogP contribution in [0.3, 0.4) is 0 Å². The molecule has 0 radical (unpaired) electrons. The Morgan fingerprint density at radius 3 is 2.45 bits per heavy atom. The predicted octanol–water partition coefficient (Wildman–Crippen LogP) is 4.47. The number of ether oxygens (including phenoxy) is 2. The molecule has 1 aliphatic heterocycles. The molecule has 0 saturated carbocycles. The predicted molar refractivity (Wildman–Crippen MR) is 115 cm³/mol. The van der Waals surface area contributed by atoms with Crippen LogP contribution in [0, 0.1) is 0 Å². The first-order valence-electron chi connectivity index (χ1n) is 9.14. The minimum absolute atomic E-state index is 0.643. The Labute approximate surface area is 172 Å². The van der Waals surface area contributed by atoms with Gasteiger partial charge in [-0.2, -0.15) is 9.78 Å². The van der Waals surface area contributed by atoms with Crippen LogP contribution in [-0.2, 0) is 0 Å². The second-order valence-corrected chi connectivity index (χ2v) is 7.53. The van der Waals surface area contributed by atoms with Crippen molar-refractivity contribution in [1.82, 2.24) is 14.9 Å². The molecule has 0 unspecified atom stereocenters. The van der Waals surface area contributed by atoms with Gasteiger partial charge in [0, 0.05) is 11.3 Å². The molecule has 0 bridgehead atoms. The number of benzene rings is 3. The van der Waals surface area contributed by atoms with Gasteiger partial charge in [0.1, 0.15) is 0 Å². The summed E-state index contributed by atoms with van der Waals surface area (Å²) in [5.41, 5.74) is 2.97. The van der Waals surface area contributed by atoms with Crippen LogP contribution in [-0.4, -0.2) is 40.6 Å². The summed E-state index contributed by atoms with van der Waals surface area (Å²) in [6.07, 6.45) is 0. The van der Waals surface area contributed by atoms with Crippen molar-refractivity contribution in [3.05, 3.63) is 66.2 Å². The fourth-order valence-corrected chi connectivity index (χ4v) is 4.23. The van der Waals surface area contributed by atoms with E-state index in [-0.39, 0.29) is 0 Å². The molecule has 5 rings (SSSR count). The van der Waals surface area contributed by atoms with Gasteiger partial charge in [0.15, 0.2) is 17.3 Å². The van der Waals surface area contributed by atoms with Crippen molar-refractivity contribution in [1.29, 1.82) is 0 Å². The molecule has 6 nitrogen and oxygen atoms in total. The fourth-order valence-electron chi connectivity index (χ4n) is 3.39. The van der Waals surface area contributed by atoms with Gasteiger partial charge in [-0.1, -0.05) is 48.2 Å². The van der Waals surface area contributed by atoms with E-state index in [1.54, 1.807) is 30.7 Å². The van der Waals surface area contributed by atoms with Crippen molar-refractivity contribution < 1.29 is 9.47 Å². The van der Waals surface area contributed by atoms with Crippen LogP contribution >= 0.6 is 11.8 Å². The first-order chi connectivity index (χ1) is 14.3. The Morgan fingerprint density at radius 2 is 1.62 bits per heavy atom. The highest BCUT2D eigenvalue weighted by molar-refractivity contribution is 7.99. The van der Waals surface area contributed by atoms with Crippen molar-refractivity contribution in [3.8, 4) is 22.9 Å². The highest BCUT2D eigenvalue weighted by atomic mass is 32.2. The van der Waals surface area contributed by atoms with Gasteiger partial charge in [0.05, 0.1) is 19.9 Å². The lowest BCUT2D eigenvalue weighted by molar-refractivity contribution is 0.355. The summed E-state index contributed by atoms with van der Waals surface area (Å²) in [7, 11) is 3.24. The second-order valence-electron chi connectivity index (χ2n) is 6.59. The van der Waals surface area contributed by atoms with Crippen LogP contribution in [0.1, 0.15) is 5.56 Å². The molecule has 144 valence electrons. The molecule has 1 aromatic heterocycles. The lowest BCUT2D eigenvalue weighted by atomic mass is 10.0. The lowest BCUT2D eigenvalue weighted by Crippen LogP contribution is -2.13. The Morgan fingerprint density at radius 1 is 0.828 bits per heavy atom. The minimum atomic E-state index is 0.643. The van der Waals surface area contributed by atoms with Gasteiger partial charge >= 0.3 is 0 Å². The smallest absolute Gasteiger partial charge is 0.212 e. The molecule has 0 spiro atoms. The summed E-state index contributed by atoms with van der Waals surface area (Å²) in [4.78, 5) is 0. The number of aromatic nitrogens is 3. The maximum atomic E-state index is 5.43. The summed E-state index contributed by atoms with van der Waals surface area (Å²) >= 11 is 1.63. The van der Waals surface area contributed by atoms with Gasteiger partial charge in [0.2, 0.25) is 5.16 Å². The Hall–Kier alpha value is -3.32. The molecule has 2 heterocycles. The SMILES string of the molecule is COc1ccc(-c2nnc3n2N=C(c2ccc4ccccc4c2)CS3)cc1OC. The van der Waals surface area contributed by atoms with Crippen LogP contribution in [0.15, 0.2) is 70.9 Å². The van der Waals surface area contributed by atoms with E-state index in [2.05, 4.69) is 52.7 Å². The number of thioether (sulfide) groups is 1. The molecule has 7 heteroatoms. The molecular weight excluding hydrogens is 384 g/mol. The summed E-state index contributed by atoms with van der Waals surface area (Å²) in [5, 5.41) is 16.7. The van der Waals surface area contributed by atoms with E-state index in [9.17, 15) is 0 Å². The van der Waals surface area contributed by atoms with Crippen LogP contribution < -0.4 is 9.47 Å². The molecule has 0 N–H and O–H groups in total. The highest BCUT2D eigenvalue weighted by Crippen LogP contribution is 2.34. The Kier molecular flexibility index (Phi) is 4.44. The number of rotatable bonds is 4. The van der Waals surface area contributed by atoms with E-state index in [1.807, 2.05) is 18.2 Å². The van der Waals surface area contributed by atoms with Crippen molar-refractivity contribution >= 4 is 28.2 Å². The van der Waals surface area contributed by atoms with Crippen LogP contribution in [0.5, 0.6) is 11.5 Å². The van der Waals surface area contributed by atoms with Gasteiger partial charge in [-0.15, -0.1) is 10.2 Å². The van der Waals surface area contributed by atoms with Crippen molar-refractivity contribution in [2.45, 2.75) is 5.16 Å². The standard InChI is InChI=1S/C22H18N4O2S/c1-27-19-10-9-17(12-20(19)28-2)21-23-24-22-26(21)25-18(13-29-22)16-8-7-14-5-3-4-6-15(14)11-16/h3-12H,13H2,1-2H3. The second kappa shape index (κ2) is 7.25. The molecule has 0 fully saturated rings. The van der Waals surface area contributed by atoms with Crippen molar-refractivity contribution in [2.24, 2.45) is 5.10 Å². The van der Waals surface area contributed by atoms with Gasteiger partial charge in [-0.05, 0) is 40.6 Å². The number of fused-ring (bicyclic) bond motifs is 2. The van der Waals surface area contributed by atoms with Crippen molar-refractivity contribution in [3.63, 3.8) is 0 Å². The third kappa shape index (κ3) is 3.13. The van der Waals surface area contributed by atoms with E-state index in [0.29, 0.717) is 17.3 Å². The average molecular weight is 402 g/mol. The van der Waals surface area contributed by atoms with Gasteiger partial charge in [0.25, 0.3) is 0 Å². The zero-order chi connectivity index (χ0) is 19.8. The first-order valence-corrected chi connectivity index (χ1v) is 10.1. The molecule has 29 heavy (non-hydrogen) atoms. The van der Waals surface area contributed by atoms with Gasteiger partial charge < -0.3 is 9.47 Å². The monoisotopic (exact) mass is 402 g/mol. The van der Waals surface area contributed by atoms with Crippen LogP contribution in [0.2, 0.25) is 0 Å². The van der Waals surface area contributed by atoms with E-state index in [4.69, 9.17) is 14.6 Å². The molecule has 3 aromatic carbocycles. The third-order valence-electron chi connectivity index (χ3n) is 4.90. The van der Waals surface area contributed by atoms with E-state index >= 15 is 0 Å². The number of methoxy groups -OCH3 is 2. The molecular formula is C22H18N4O2S. The molecule has 0 saturated heterocycles. The third-order valence-corrected chi connectivity index (χ3v) is 5.83. The molecule has 0 amide bonds. The lowest BCUT2D eigenvalue weighted by Gasteiger charge is -2.15. The van der Waals surface area contributed by atoms with E-state index in [1.165, 1.54) is 10.8 Å². The zero-order valence-corrected chi connectivity index (χ0v) is 16.8. The van der Waals surface area contributed by atoms with Crippen molar-refractivity contribution in [2.75, 3.05) is 20.0 Å². The van der Waals surface area contributed by atoms with Gasteiger partial charge in [-0.25, -0.2) is 0 Å². The summed E-state index contributed by atoms with van der Waals surface area (Å²) in [5.74, 6) is 2.74. The minimum Gasteiger partial charge on any atom is -0.493 e. The van der Waals surface area contributed by atoms with Gasteiger partial charge in [-0.3, -0.25) is 0 Å². The quantitative estimate of drug-likeness (QED) is 0.504. The largest absolute Gasteiger partial charge is 0.493 e. The number of hydrogen-bond acceptors (Lipinski definition) is 6.